The van der Waals surface area contributed by atoms with E-state index in [-0.39, 0.29) is 30.0 Å². The molecule has 9 heteroatoms. The standard InChI is InChI=1S/C22H26N2O7/c1-6-13(2)31-22(26)19-15(4)23-14(3)18(21(25)30-11-10-29-5)20(19)16-8-7-9-17(12-16)24(27)28/h6-9,12-13,20,23H,1,10-11H2,2-5H3. The van der Waals surface area contributed by atoms with Crippen LogP contribution in [0.5, 0.6) is 0 Å². The van der Waals surface area contributed by atoms with Gasteiger partial charge in [-0.15, -0.1) is 0 Å². The Balaban J connectivity index is 2.60. The molecule has 0 aliphatic carbocycles. The monoisotopic (exact) mass is 430 g/mol. The summed E-state index contributed by atoms with van der Waals surface area (Å²) in [5.74, 6) is -2.24. The van der Waals surface area contributed by atoms with Crippen molar-refractivity contribution in [1.29, 1.82) is 0 Å². The Bertz CT molecular complexity index is 949. The van der Waals surface area contributed by atoms with Crippen molar-refractivity contribution in [3.63, 3.8) is 0 Å². The van der Waals surface area contributed by atoms with Gasteiger partial charge in [0.2, 0.25) is 0 Å². The molecule has 9 nitrogen and oxygen atoms in total. The van der Waals surface area contributed by atoms with Crippen molar-refractivity contribution in [1.82, 2.24) is 5.32 Å². The number of dihydropyridines is 1. The molecule has 0 aromatic heterocycles. The Hall–Kier alpha value is -3.46. The van der Waals surface area contributed by atoms with Gasteiger partial charge in [-0.25, -0.2) is 9.59 Å². The second kappa shape index (κ2) is 10.5. The molecule has 1 aliphatic heterocycles. The van der Waals surface area contributed by atoms with Crippen molar-refractivity contribution in [2.45, 2.75) is 32.8 Å². The summed E-state index contributed by atoms with van der Waals surface area (Å²) in [6, 6.07) is 5.80. The van der Waals surface area contributed by atoms with Crippen LogP contribution in [0.15, 0.2) is 59.5 Å². The van der Waals surface area contributed by atoms with Crippen molar-refractivity contribution in [2.24, 2.45) is 0 Å². The largest absolute Gasteiger partial charge is 0.460 e. The molecule has 166 valence electrons. The molecule has 2 unspecified atom stereocenters. The molecule has 0 saturated carbocycles. The van der Waals surface area contributed by atoms with Gasteiger partial charge in [-0.2, -0.15) is 0 Å². The van der Waals surface area contributed by atoms with E-state index >= 15 is 0 Å². The molecular weight excluding hydrogens is 404 g/mol. The second-order valence-electron chi connectivity index (χ2n) is 6.96. The van der Waals surface area contributed by atoms with Crippen LogP contribution in [-0.2, 0) is 23.8 Å². The number of methoxy groups -OCH3 is 1. The molecular formula is C22H26N2O7. The predicted molar refractivity (Wildman–Crippen MR) is 113 cm³/mol. The van der Waals surface area contributed by atoms with E-state index in [2.05, 4.69) is 11.9 Å². The molecule has 0 bridgehead atoms. The maximum atomic E-state index is 13.0. The minimum atomic E-state index is -0.916. The highest BCUT2D eigenvalue weighted by atomic mass is 16.6. The lowest BCUT2D eigenvalue weighted by atomic mass is 9.80. The fraction of sp³-hybridized carbons (Fsp3) is 0.364. The van der Waals surface area contributed by atoms with Gasteiger partial charge in [0.15, 0.2) is 0 Å². The molecule has 0 amide bonds. The molecule has 1 aromatic carbocycles. The normalized spacial score (nSPS) is 17.0. The van der Waals surface area contributed by atoms with E-state index in [1.54, 1.807) is 26.8 Å². The first-order valence-electron chi connectivity index (χ1n) is 9.63. The second-order valence-corrected chi connectivity index (χ2v) is 6.96. The van der Waals surface area contributed by atoms with Crippen LogP contribution in [0.1, 0.15) is 32.3 Å². The number of nitro benzene ring substituents is 1. The van der Waals surface area contributed by atoms with Crippen LogP contribution < -0.4 is 5.32 Å². The Morgan fingerprint density at radius 2 is 1.87 bits per heavy atom. The summed E-state index contributed by atoms with van der Waals surface area (Å²) in [5, 5.41) is 14.3. The van der Waals surface area contributed by atoms with Crippen molar-refractivity contribution in [3.8, 4) is 0 Å². The maximum Gasteiger partial charge on any atom is 0.337 e. The van der Waals surface area contributed by atoms with E-state index in [0.29, 0.717) is 17.0 Å². The number of rotatable bonds is 9. The minimum Gasteiger partial charge on any atom is -0.460 e. The highest BCUT2D eigenvalue weighted by molar-refractivity contribution is 6.00. The summed E-state index contributed by atoms with van der Waals surface area (Å²) in [5.41, 5.74) is 1.52. The van der Waals surface area contributed by atoms with Gasteiger partial charge in [-0.1, -0.05) is 24.8 Å². The highest BCUT2D eigenvalue weighted by Crippen LogP contribution is 2.40. The zero-order chi connectivity index (χ0) is 23.1. The van der Waals surface area contributed by atoms with E-state index in [1.165, 1.54) is 31.4 Å². The van der Waals surface area contributed by atoms with E-state index in [9.17, 15) is 19.7 Å². The molecule has 0 radical (unpaired) electrons. The molecule has 0 spiro atoms. The molecule has 31 heavy (non-hydrogen) atoms. The summed E-state index contributed by atoms with van der Waals surface area (Å²) >= 11 is 0. The Morgan fingerprint density at radius 1 is 1.23 bits per heavy atom. The molecule has 2 rings (SSSR count). The number of carbonyl (C=O) groups excluding carboxylic acids is 2. The van der Waals surface area contributed by atoms with Gasteiger partial charge in [-0.3, -0.25) is 10.1 Å². The lowest BCUT2D eigenvalue weighted by Crippen LogP contribution is -2.33. The van der Waals surface area contributed by atoms with E-state index in [1.807, 2.05) is 0 Å². The summed E-state index contributed by atoms with van der Waals surface area (Å²) in [6.07, 6.45) is 0.899. The number of esters is 2. The van der Waals surface area contributed by atoms with E-state index in [4.69, 9.17) is 14.2 Å². The van der Waals surface area contributed by atoms with Crippen molar-refractivity contribution >= 4 is 17.6 Å². The molecule has 1 aromatic rings. The fourth-order valence-electron chi connectivity index (χ4n) is 3.26. The summed E-state index contributed by atoms with van der Waals surface area (Å²) in [7, 11) is 1.48. The van der Waals surface area contributed by atoms with Crippen LogP contribution in [-0.4, -0.2) is 43.3 Å². The van der Waals surface area contributed by atoms with Crippen LogP contribution in [0.3, 0.4) is 0 Å². The van der Waals surface area contributed by atoms with Gasteiger partial charge in [0.25, 0.3) is 5.69 Å². The maximum absolute atomic E-state index is 13.0. The van der Waals surface area contributed by atoms with E-state index in [0.717, 1.165) is 0 Å². The van der Waals surface area contributed by atoms with Crippen LogP contribution in [0.25, 0.3) is 0 Å². The Morgan fingerprint density at radius 3 is 2.45 bits per heavy atom. The number of nitrogens with zero attached hydrogens (tertiary/aromatic N) is 1. The number of ether oxygens (including phenoxy) is 3. The van der Waals surface area contributed by atoms with Gasteiger partial charge in [0, 0.05) is 30.6 Å². The lowest BCUT2D eigenvalue weighted by molar-refractivity contribution is -0.384. The van der Waals surface area contributed by atoms with Crippen LogP contribution >= 0.6 is 0 Å². The zero-order valence-electron chi connectivity index (χ0n) is 18.0. The van der Waals surface area contributed by atoms with Crippen LogP contribution in [0, 0.1) is 10.1 Å². The van der Waals surface area contributed by atoms with Gasteiger partial charge in [0.1, 0.15) is 12.7 Å². The number of nitro groups is 1. The van der Waals surface area contributed by atoms with Gasteiger partial charge >= 0.3 is 11.9 Å². The van der Waals surface area contributed by atoms with Crippen LogP contribution in [0.4, 0.5) is 5.69 Å². The predicted octanol–water partition coefficient (Wildman–Crippen LogP) is 3.14. The number of hydrogen-bond acceptors (Lipinski definition) is 8. The lowest BCUT2D eigenvalue weighted by Gasteiger charge is -2.30. The molecule has 0 saturated heterocycles. The Kier molecular flexibility index (Phi) is 8.09. The quantitative estimate of drug-likeness (QED) is 0.209. The molecule has 1 aliphatic rings. The van der Waals surface area contributed by atoms with Gasteiger partial charge < -0.3 is 19.5 Å². The summed E-state index contributed by atoms with van der Waals surface area (Å²) in [6.45, 7) is 8.83. The fourth-order valence-corrected chi connectivity index (χ4v) is 3.26. The first kappa shape index (κ1) is 23.8. The number of non-ortho nitro benzene ring substituents is 1. The number of benzene rings is 1. The van der Waals surface area contributed by atoms with Gasteiger partial charge in [-0.05, 0) is 26.3 Å². The average molecular weight is 430 g/mol. The highest BCUT2D eigenvalue weighted by Gasteiger charge is 2.38. The van der Waals surface area contributed by atoms with Crippen LogP contribution in [0.2, 0.25) is 0 Å². The smallest absolute Gasteiger partial charge is 0.337 e. The van der Waals surface area contributed by atoms with Crippen molar-refractivity contribution < 1.29 is 28.7 Å². The summed E-state index contributed by atoms with van der Waals surface area (Å²) < 4.78 is 15.6. The third-order valence-electron chi connectivity index (χ3n) is 4.76. The molecule has 2 atom stereocenters. The zero-order valence-corrected chi connectivity index (χ0v) is 18.0. The number of carbonyl (C=O) groups is 2. The van der Waals surface area contributed by atoms with Crippen molar-refractivity contribution in [2.75, 3.05) is 20.3 Å². The first-order valence-corrected chi connectivity index (χ1v) is 9.63. The number of hydrogen-bond donors (Lipinski definition) is 1. The third-order valence-corrected chi connectivity index (χ3v) is 4.76. The topological polar surface area (TPSA) is 117 Å². The van der Waals surface area contributed by atoms with Crippen molar-refractivity contribution in [3.05, 3.63) is 75.1 Å². The molecule has 1 heterocycles. The number of allylic oxidation sites excluding steroid dienone is 2. The molecule has 1 N–H and O–H groups in total. The molecule has 0 fully saturated rings. The minimum absolute atomic E-state index is 0.0176. The Labute approximate surface area is 180 Å². The first-order chi connectivity index (χ1) is 14.7. The third kappa shape index (κ3) is 5.58. The van der Waals surface area contributed by atoms with Gasteiger partial charge in [0.05, 0.1) is 28.6 Å². The SMILES string of the molecule is C=CC(C)OC(=O)C1=C(C)NC(C)=C(C(=O)OCCOC)C1c1cccc([N+](=O)[O-])c1. The number of nitrogens with one attached hydrogen (secondary N) is 1. The summed E-state index contributed by atoms with van der Waals surface area (Å²) in [4.78, 5) is 36.7. The average Bonchev–Trinajstić information content (AvgIpc) is 2.72. The van der Waals surface area contributed by atoms with E-state index < -0.39 is 28.9 Å².